The van der Waals surface area contributed by atoms with E-state index in [0.29, 0.717) is 6.54 Å². The van der Waals surface area contributed by atoms with Gasteiger partial charge < -0.3 is 15.4 Å². The number of nitrogens with zero attached hydrogens (tertiary/aromatic N) is 1. The lowest BCUT2D eigenvalue weighted by Crippen LogP contribution is -2.50. The van der Waals surface area contributed by atoms with Gasteiger partial charge in [0.2, 0.25) is 5.91 Å². The lowest BCUT2D eigenvalue weighted by Gasteiger charge is -2.36. The van der Waals surface area contributed by atoms with E-state index in [1.165, 1.54) is 0 Å². The first-order chi connectivity index (χ1) is 10.5. The van der Waals surface area contributed by atoms with Crippen LogP contribution in [0.1, 0.15) is 32.3 Å². The van der Waals surface area contributed by atoms with Crippen LogP contribution in [0.25, 0.3) is 0 Å². The Morgan fingerprint density at radius 1 is 1.32 bits per heavy atom. The van der Waals surface area contributed by atoms with Crippen LogP contribution in [0.4, 0.5) is 0 Å². The number of carbonyl (C=O) groups excluding carboxylic acids is 2. The Balaban J connectivity index is 1.97. The van der Waals surface area contributed by atoms with Crippen LogP contribution in [-0.2, 0) is 16.0 Å². The van der Waals surface area contributed by atoms with E-state index >= 15 is 0 Å². The molecule has 0 aromatic heterocycles. The maximum atomic E-state index is 12.4. The molecule has 1 fully saturated rings. The van der Waals surface area contributed by atoms with Gasteiger partial charge in [-0.15, -0.1) is 0 Å². The van der Waals surface area contributed by atoms with Gasteiger partial charge in [-0.3, -0.25) is 9.59 Å². The Hall–Kier alpha value is -2.04. The highest BCUT2D eigenvalue weighted by Gasteiger charge is 2.31. The van der Waals surface area contributed by atoms with Gasteiger partial charge in [0.1, 0.15) is 5.75 Å². The summed E-state index contributed by atoms with van der Waals surface area (Å²) in [7, 11) is 0. The first-order valence-corrected chi connectivity index (χ1v) is 7.82. The van der Waals surface area contributed by atoms with E-state index < -0.39 is 0 Å². The van der Waals surface area contributed by atoms with Crippen LogP contribution in [0.2, 0.25) is 0 Å². The Kier molecular flexibility index (Phi) is 5.41. The van der Waals surface area contributed by atoms with Crippen molar-refractivity contribution >= 4 is 11.8 Å². The predicted octanol–water partition coefficient (Wildman–Crippen LogP) is 1.74. The molecule has 2 N–H and O–H groups in total. The largest absolute Gasteiger partial charge is 0.483 e. The van der Waals surface area contributed by atoms with Gasteiger partial charge in [0, 0.05) is 12.6 Å². The monoisotopic (exact) mass is 304 g/mol. The molecule has 1 aliphatic rings. The standard InChI is InChI=1S/C17H24N2O3/c1-3-13-6-4-5-7-15(13)22-11-16(20)19-10-14(17(18)21)9-8-12(19)2/h4-7,12,14H,3,8-11H2,1-2H3,(H2,18,21)/t12-,14+/m1/s1. The first kappa shape index (κ1) is 16.3. The van der Waals surface area contributed by atoms with Crippen LogP contribution in [-0.4, -0.2) is 35.9 Å². The third kappa shape index (κ3) is 3.78. The number of amides is 2. The molecule has 1 heterocycles. The zero-order chi connectivity index (χ0) is 16.1. The minimum atomic E-state index is -0.332. The Morgan fingerprint density at radius 3 is 2.73 bits per heavy atom. The minimum Gasteiger partial charge on any atom is -0.483 e. The van der Waals surface area contributed by atoms with Crippen molar-refractivity contribution in [3.05, 3.63) is 29.8 Å². The van der Waals surface area contributed by atoms with Crippen LogP contribution in [0.15, 0.2) is 24.3 Å². The van der Waals surface area contributed by atoms with Crippen molar-refractivity contribution in [2.75, 3.05) is 13.2 Å². The Labute approximate surface area is 131 Å². The lowest BCUT2D eigenvalue weighted by molar-refractivity contribution is -0.139. The van der Waals surface area contributed by atoms with Crippen molar-refractivity contribution in [3.63, 3.8) is 0 Å². The third-order valence-electron chi connectivity index (χ3n) is 4.31. The average Bonchev–Trinajstić information content (AvgIpc) is 2.53. The molecule has 0 bridgehead atoms. The van der Waals surface area contributed by atoms with E-state index in [-0.39, 0.29) is 30.4 Å². The molecule has 1 saturated heterocycles. The lowest BCUT2D eigenvalue weighted by atomic mass is 9.93. The first-order valence-electron chi connectivity index (χ1n) is 7.82. The number of para-hydroxylation sites is 1. The maximum absolute atomic E-state index is 12.4. The fraction of sp³-hybridized carbons (Fsp3) is 0.529. The molecule has 1 aliphatic heterocycles. The third-order valence-corrected chi connectivity index (χ3v) is 4.31. The molecular weight excluding hydrogens is 280 g/mol. The highest BCUT2D eigenvalue weighted by Crippen LogP contribution is 2.23. The van der Waals surface area contributed by atoms with Crippen LogP contribution < -0.4 is 10.5 Å². The van der Waals surface area contributed by atoms with E-state index in [1.54, 1.807) is 4.90 Å². The summed E-state index contributed by atoms with van der Waals surface area (Å²) in [6.45, 7) is 4.43. The van der Waals surface area contributed by atoms with Crippen LogP contribution in [0.3, 0.4) is 0 Å². The highest BCUT2D eigenvalue weighted by molar-refractivity contribution is 5.81. The van der Waals surface area contributed by atoms with E-state index in [1.807, 2.05) is 38.1 Å². The number of hydrogen-bond acceptors (Lipinski definition) is 3. The molecule has 1 aromatic carbocycles. The summed E-state index contributed by atoms with van der Waals surface area (Å²) in [4.78, 5) is 25.5. The van der Waals surface area contributed by atoms with Gasteiger partial charge >= 0.3 is 0 Å². The van der Waals surface area contributed by atoms with Gasteiger partial charge in [-0.1, -0.05) is 25.1 Å². The van der Waals surface area contributed by atoms with E-state index in [9.17, 15) is 9.59 Å². The van der Waals surface area contributed by atoms with Crippen LogP contribution in [0, 0.1) is 5.92 Å². The number of benzene rings is 1. The van der Waals surface area contributed by atoms with Gasteiger partial charge in [-0.2, -0.15) is 0 Å². The molecular formula is C17H24N2O3. The van der Waals surface area contributed by atoms with Crippen molar-refractivity contribution < 1.29 is 14.3 Å². The predicted molar refractivity (Wildman–Crippen MR) is 84.4 cm³/mol. The summed E-state index contributed by atoms with van der Waals surface area (Å²) in [5.41, 5.74) is 6.45. The van der Waals surface area contributed by atoms with E-state index in [0.717, 1.165) is 30.6 Å². The fourth-order valence-corrected chi connectivity index (χ4v) is 2.85. The number of rotatable bonds is 5. The summed E-state index contributed by atoms with van der Waals surface area (Å²) in [6.07, 6.45) is 2.40. The molecule has 0 aliphatic carbocycles. The molecule has 120 valence electrons. The normalized spacial score (nSPS) is 21.5. The molecule has 0 radical (unpaired) electrons. The maximum Gasteiger partial charge on any atom is 0.260 e. The summed E-state index contributed by atoms with van der Waals surface area (Å²) < 4.78 is 5.68. The Bertz CT molecular complexity index is 544. The van der Waals surface area contributed by atoms with Crippen molar-refractivity contribution in [1.82, 2.24) is 4.90 Å². The number of likely N-dealkylation sites (tertiary alicyclic amines) is 1. The molecule has 2 amide bonds. The zero-order valence-electron chi connectivity index (χ0n) is 13.2. The SMILES string of the molecule is CCc1ccccc1OCC(=O)N1C[C@@H](C(N)=O)CC[C@H]1C. The number of aryl methyl sites for hydroxylation is 1. The second-order valence-corrected chi connectivity index (χ2v) is 5.82. The van der Waals surface area contributed by atoms with Crippen LogP contribution in [0.5, 0.6) is 5.75 Å². The number of nitrogens with two attached hydrogens (primary N) is 1. The van der Waals surface area contributed by atoms with Crippen molar-refractivity contribution in [1.29, 1.82) is 0 Å². The van der Waals surface area contributed by atoms with Gasteiger partial charge in [0.25, 0.3) is 5.91 Å². The van der Waals surface area contributed by atoms with Crippen molar-refractivity contribution in [3.8, 4) is 5.75 Å². The number of carbonyl (C=O) groups is 2. The number of hydrogen-bond donors (Lipinski definition) is 1. The van der Waals surface area contributed by atoms with Gasteiger partial charge in [-0.25, -0.2) is 0 Å². The Morgan fingerprint density at radius 2 is 2.05 bits per heavy atom. The molecule has 2 atom stereocenters. The molecule has 0 unspecified atom stereocenters. The number of primary amides is 1. The van der Waals surface area contributed by atoms with E-state index in [4.69, 9.17) is 10.5 Å². The smallest absolute Gasteiger partial charge is 0.260 e. The molecule has 5 heteroatoms. The second kappa shape index (κ2) is 7.29. The summed E-state index contributed by atoms with van der Waals surface area (Å²) in [5, 5.41) is 0. The quantitative estimate of drug-likeness (QED) is 0.900. The average molecular weight is 304 g/mol. The topological polar surface area (TPSA) is 72.6 Å². The van der Waals surface area contributed by atoms with Gasteiger partial charge in [0.15, 0.2) is 6.61 Å². The molecule has 22 heavy (non-hydrogen) atoms. The fourth-order valence-electron chi connectivity index (χ4n) is 2.85. The molecule has 0 spiro atoms. The summed E-state index contributed by atoms with van der Waals surface area (Å²) in [6, 6.07) is 7.83. The van der Waals surface area contributed by atoms with Gasteiger partial charge in [-0.05, 0) is 37.8 Å². The van der Waals surface area contributed by atoms with E-state index in [2.05, 4.69) is 0 Å². The molecule has 0 saturated carbocycles. The van der Waals surface area contributed by atoms with Gasteiger partial charge in [0.05, 0.1) is 5.92 Å². The zero-order valence-corrected chi connectivity index (χ0v) is 13.2. The number of ether oxygens (including phenoxy) is 1. The van der Waals surface area contributed by atoms with Crippen LogP contribution >= 0.6 is 0 Å². The minimum absolute atomic E-state index is 0.00711. The molecule has 5 nitrogen and oxygen atoms in total. The molecule has 1 aromatic rings. The van der Waals surface area contributed by atoms with Crippen molar-refractivity contribution in [2.45, 2.75) is 39.2 Å². The number of piperidine rings is 1. The highest BCUT2D eigenvalue weighted by atomic mass is 16.5. The summed E-state index contributed by atoms with van der Waals surface area (Å²) in [5.74, 6) is 0.0730. The second-order valence-electron chi connectivity index (χ2n) is 5.82. The molecule has 2 rings (SSSR count). The van der Waals surface area contributed by atoms with Crippen molar-refractivity contribution in [2.24, 2.45) is 11.7 Å². The summed E-state index contributed by atoms with van der Waals surface area (Å²) >= 11 is 0.